The van der Waals surface area contributed by atoms with Gasteiger partial charge in [0.1, 0.15) is 6.61 Å². The molecule has 1 atom stereocenters. The van der Waals surface area contributed by atoms with Gasteiger partial charge in [0.05, 0.1) is 0 Å². The van der Waals surface area contributed by atoms with Crippen molar-refractivity contribution in [2.24, 2.45) is 0 Å². The van der Waals surface area contributed by atoms with Crippen LogP contribution in [-0.2, 0) is 20.9 Å². The highest BCUT2D eigenvalue weighted by molar-refractivity contribution is 5.78. The average Bonchev–Trinajstić information content (AvgIpc) is 2.34. The van der Waals surface area contributed by atoms with Gasteiger partial charge in [-0.05, 0) is 12.5 Å². The van der Waals surface area contributed by atoms with Crippen LogP contribution < -0.4 is 5.32 Å². The van der Waals surface area contributed by atoms with Crippen molar-refractivity contribution in [1.29, 1.82) is 0 Å². The Hall–Kier alpha value is -1.88. The summed E-state index contributed by atoms with van der Waals surface area (Å²) in [5.41, 5.74) is 0.979. The Morgan fingerprint density at radius 1 is 1.35 bits per heavy atom. The molecule has 2 N–H and O–H groups in total. The van der Waals surface area contributed by atoms with Gasteiger partial charge in [0, 0.05) is 6.54 Å². The molecule has 0 spiro atoms. The van der Waals surface area contributed by atoms with Gasteiger partial charge < -0.3 is 15.2 Å². The predicted molar refractivity (Wildman–Crippen MR) is 61.3 cm³/mol. The minimum absolute atomic E-state index is 0.250. The van der Waals surface area contributed by atoms with Crippen molar-refractivity contribution in [3.05, 3.63) is 35.9 Å². The second-order valence-electron chi connectivity index (χ2n) is 3.55. The highest BCUT2D eigenvalue weighted by Gasteiger charge is 2.12. The first-order valence-corrected chi connectivity index (χ1v) is 5.24. The molecule has 92 valence electrons. The van der Waals surface area contributed by atoms with Crippen LogP contribution in [0.1, 0.15) is 12.5 Å². The lowest BCUT2D eigenvalue weighted by Crippen LogP contribution is -2.31. The molecule has 1 amide bonds. The summed E-state index contributed by atoms with van der Waals surface area (Å²) >= 11 is 0. The lowest BCUT2D eigenvalue weighted by Gasteiger charge is -2.08. The molecule has 1 aromatic carbocycles. The molecule has 17 heavy (non-hydrogen) atoms. The first kappa shape index (κ1) is 13.2. The third-order valence-electron chi connectivity index (χ3n) is 2.14. The number of nitrogens with one attached hydrogen (secondary N) is 1. The van der Waals surface area contributed by atoms with E-state index in [1.807, 2.05) is 30.3 Å². The average molecular weight is 237 g/mol. The van der Waals surface area contributed by atoms with Crippen molar-refractivity contribution in [2.45, 2.75) is 19.6 Å². The SMILES string of the molecule is C[C@@H](OCC(=O)NCc1ccccc1)C(=O)O. The van der Waals surface area contributed by atoms with Crippen molar-refractivity contribution in [2.75, 3.05) is 6.61 Å². The van der Waals surface area contributed by atoms with E-state index in [2.05, 4.69) is 5.32 Å². The molecule has 1 rings (SSSR count). The van der Waals surface area contributed by atoms with E-state index >= 15 is 0 Å². The number of carboxylic acids is 1. The van der Waals surface area contributed by atoms with Gasteiger partial charge in [-0.3, -0.25) is 4.79 Å². The fourth-order valence-electron chi connectivity index (χ4n) is 1.12. The van der Waals surface area contributed by atoms with Crippen molar-refractivity contribution in [3.63, 3.8) is 0 Å². The van der Waals surface area contributed by atoms with Crippen LogP contribution in [0.4, 0.5) is 0 Å². The molecule has 0 aliphatic carbocycles. The summed E-state index contributed by atoms with van der Waals surface area (Å²) in [6.45, 7) is 1.54. The fraction of sp³-hybridized carbons (Fsp3) is 0.333. The summed E-state index contributed by atoms with van der Waals surface area (Å²) in [6, 6.07) is 9.43. The number of benzene rings is 1. The maximum atomic E-state index is 11.3. The fourth-order valence-corrected chi connectivity index (χ4v) is 1.12. The molecule has 5 heteroatoms. The molecule has 0 aliphatic heterocycles. The quantitative estimate of drug-likeness (QED) is 0.767. The normalized spacial score (nSPS) is 11.8. The van der Waals surface area contributed by atoms with Crippen LogP contribution in [0.5, 0.6) is 0 Å². The number of rotatable bonds is 6. The van der Waals surface area contributed by atoms with Crippen molar-refractivity contribution < 1.29 is 19.4 Å². The third kappa shape index (κ3) is 5.12. The molecule has 0 aromatic heterocycles. The minimum atomic E-state index is -1.08. The maximum absolute atomic E-state index is 11.3. The summed E-state index contributed by atoms with van der Waals surface area (Å²) in [7, 11) is 0. The van der Waals surface area contributed by atoms with E-state index in [4.69, 9.17) is 9.84 Å². The molecule has 0 fully saturated rings. The molecular weight excluding hydrogens is 222 g/mol. The molecule has 0 unspecified atom stereocenters. The van der Waals surface area contributed by atoms with E-state index in [-0.39, 0.29) is 12.5 Å². The van der Waals surface area contributed by atoms with E-state index in [0.29, 0.717) is 6.54 Å². The van der Waals surface area contributed by atoms with Gasteiger partial charge in [-0.1, -0.05) is 30.3 Å². The zero-order valence-corrected chi connectivity index (χ0v) is 9.55. The van der Waals surface area contributed by atoms with Gasteiger partial charge in [0.2, 0.25) is 5.91 Å². The standard InChI is InChI=1S/C12H15NO4/c1-9(12(15)16)17-8-11(14)13-7-10-5-3-2-4-6-10/h2-6,9H,7-8H2,1H3,(H,13,14)(H,15,16)/t9-/m1/s1. The Morgan fingerprint density at radius 3 is 2.59 bits per heavy atom. The van der Waals surface area contributed by atoms with Crippen LogP contribution in [0.25, 0.3) is 0 Å². The maximum Gasteiger partial charge on any atom is 0.332 e. The summed E-state index contributed by atoms with van der Waals surface area (Å²) in [5, 5.41) is 11.2. The Morgan fingerprint density at radius 2 is 2.00 bits per heavy atom. The Balaban J connectivity index is 2.24. The van der Waals surface area contributed by atoms with Crippen LogP contribution >= 0.6 is 0 Å². The topological polar surface area (TPSA) is 75.6 Å². The predicted octanol–water partition coefficient (Wildman–Crippen LogP) is 0.792. The first-order chi connectivity index (χ1) is 8.09. The molecule has 0 saturated heterocycles. The van der Waals surface area contributed by atoms with Crippen LogP contribution in [-0.4, -0.2) is 29.7 Å². The number of ether oxygens (including phenoxy) is 1. The number of amides is 1. The first-order valence-electron chi connectivity index (χ1n) is 5.24. The molecule has 0 aliphatic rings. The molecular formula is C12H15NO4. The van der Waals surface area contributed by atoms with Gasteiger partial charge in [-0.2, -0.15) is 0 Å². The molecule has 0 radical (unpaired) electrons. The number of hydrogen-bond donors (Lipinski definition) is 2. The van der Waals surface area contributed by atoms with Gasteiger partial charge in [-0.15, -0.1) is 0 Å². The Kier molecular flexibility index (Phi) is 5.16. The van der Waals surface area contributed by atoms with Gasteiger partial charge >= 0.3 is 5.97 Å². The molecule has 0 saturated carbocycles. The van der Waals surface area contributed by atoms with E-state index < -0.39 is 12.1 Å². The number of carbonyl (C=O) groups is 2. The Labute approximate surface area is 99.4 Å². The lowest BCUT2D eigenvalue weighted by molar-refractivity contribution is -0.150. The van der Waals surface area contributed by atoms with E-state index in [9.17, 15) is 9.59 Å². The van der Waals surface area contributed by atoms with E-state index in [0.717, 1.165) is 5.56 Å². The number of aliphatic carboxylic acids is 1. The van der Waals surface area contributed by atoms with E-state index in [1.54, 1.807) is 0 Å². The smallest absolute Gasteiger partial charge is 0.332 e. The summed E-state index contributed by atoms with van der Waals surface area (Å²) in [6.07, 6.45) is -0.975. The van der Waals surface area contributed by atoms with Gasteiger partial charge in [0.15, 0.2) is 6.10 Å². The van der Waals surface area contributed by atoms with Crippen molar-refractivity contribution >= 4 is 11.9 Å². The molecule has 5 nitrogen and oxygen atoms in total. The lowest BCUT2D eigenvalue weighted by atomic mass is 10.2. The minimum Gasteiger partial charge on any atom is -0.479 e. The monoisotopic (exact) mass is 237 g/mol. The van der Waals surface area contributed by atoms with Crippen molar-refractivity contribution in [3.8, 4) is 0 Å². The van der Waals surface area contributed by atoms with Crippen LogP contribution in [0.2, 0.25) is 0 Å². The van der Waals surface area contributed by atoms with Crippen LogP contribution in [0.15, 0.2) is 30.3 Å². The highest BCUT2D eigenvalue weighted by Crippen LogP contribution is 1.97. The second kappa shape index (κ2) is 6.65. The largest absolute Gasteiger partial charge is 0.479 e. The second-order valence-corrected chi connectivity index (χ2v) is 3.55. The summed E-state index contributed by atoms with van der Waals surface area (Å²) < 4.78 is 4.84. The van der Waals surface area contributed by atoms with E-state index in [1.165, 1.54) is 6.92 Å². The number of hydrogen-bond acceptors (Lipinski definition) is 3. The highest BCUT2D eigenvalue weighted by atomic mass is 16.5. The van der Waals surface area contributed by atoms with Crippen molar-refractivity contribution in [1.82, 2.24) is 5.32 Å². The van der Waals surface area contributed by atoms with Gasteiger partial charge in [0.25, 0.3) is 0 Å². The van der Waals surface area contributed by atoms with Gasteiger partial charge in [-0.25, -0.2) is 4.79 Å². The van der Waals surface area contributed by atoms with Crippen LogP contribution in [0.3, 0.4) is 0 Å². The number of carboxylic acid groups (broad SMARTS) is 1. The molecule has 0 heterocycles. The zero-order valence-electron chi connectivity index (χ0n) is 9.55. The zero-order chi connectivity index (χ0) is 12.7. The third-order valence-corrected chi connectivity index (χ3v) is 2.14. The number of carbonyl (C=O) groups excluding carboxylic acids is 1. The summed E-state index contributed by atoms with van der Waals surface area (Å²) in [5.74, 6) is -1.41. The molecule has 1 aromatic rings. The molecule has 0 bridgehead atoms. The Bertz CT molecular complexity index is 377. The summed E-state index contributed by atoms with van der Waals surface area (Å²) in [4.78, 5) is 21.7. The van der Waals surface area contributed by atoms with Crippen LogP contribution in [0, 0.1) is 0 Å².